The predicted molar refractivity (Wildman–Crippen MR) is 110 cm³/mol. The van der Waals surface area contributed by atoms with Gasteiger partial charge in [-0.2, -0.15) is 0 Å². The molecule has 0 radical (unpaired) electrons. The first-order valence-corrected chi connectivity index (χ1v) is 10.3. The summed E-state index contributed by atoms with van der Waals surface area (Å²) in [6.07, 6.45) is -9.79. The van der Waals surface area contributed by atoms with Crippen LogP contribution in [-0.2, 0) is 4.74 Å². The number of fused-ring (bicyclic) bond motifs is 1. The quantitative estimate of drug-likeness (QED) is 0.189. The highest BCUT2D eigenvalue weighted by Crippen LogP contribution is 2.54. The average molecular weight is 468 g/mol. The zero-order valence-electron chi connectivity index (χ0n) is 18.0. The molecule has 0 bridgehead atoms. The van der Waals surface area contributed by atoms with E-state index in [0.29, 0.717) is 5.57 Å². The number of benzene rings is 1. The molecule has 7 atom stereocenters. The molecule has 0 aromatic heterocycles. The van der Waals surface area contributed by atoms with Crippen LogP contribution in [0.1, 0.15) is 47.4 Å². The summed E-state index contributed by atoms with van der Waals surface area (Å²) < 4.78 is 5.34. The van der Waals surface area contributed by atoms with E-state index in [4.69, 9.17) is 4.74 Å². The summed E-state index contributed by atoms with van der Waals surface area (Å²) in [4.78, 5) is 26.9. The van der Waals surface area contributed by atoms with Crippen LogP contribution >= 0.6 is 0 Å². The third-order valence-electron chi connectivity index (χ3n) is 6.44. The van der Waals surface area contributed by atoms with Crippen molar-refractivity contribution in [1.82, 2.24) is 0 Å². The Kier molecular flexibility index (Phi) is 6.70. The number of allylic oxidation sites excluding steroid dienone is 1. The lowest BCUT2D eigenvalue weighted by molar-refractivity contribution is -0.388. The smallest absolute Gasteiger partial charge is 0.211 e. The average Bonchev–Trinajstić information content (AvgIpc) is 2.76. The number of rotatable bonds is 5. The van der Waals surface area contributed by atoms with Crippen LogP contribution in [0.4, 0.5) is 0 Å². The van der Waals surface area contributed by atoms with E-state index in [1.807, 2.05) is 0 Å². The van der Waals surface area contributed by atoms with Crippen LogP contribution in [0.2, 0.25) is 0 Å². The summed E-state index contributed by atoms with van der Waals surface area (Å²) in [7, 11) is 0. The van der Waals surface area contributed by atoms with Gasteiger partial charge in [-0.05, 0) is 32.4 Å². The number of hydrogen-bond donors (Lipinski definition) is 8. The SMILES string of the molecule is CC(C)=CC[C@@H](O)C1(C2(O)O[C@H](CO)[C@@H](O)[C@H](O)[C@H]2O)CC(=O)c2c(O)ccc(O)c2C1=O. The number of ketones is 2. The molecule has 1 fully saturated rings. The number of hydrogen-bond acceptors (Lipinski definition) is 11. The highest BCUT2D eigenvalue weighted by Gasteiger charge is 2.71. The molecule has 8 N–H and O–H groups in total. The van der Waals surface area contributed by atoms with Gasteiger partial charge in [-0.25, -0.2) is 0 Å². The van der Waals surface area contributed by atoms with E-state index >= 15 is 0 Å². The summed E-state index contributed by atoms with van der Waals surface area (Å²) in [5, 5.41) is 83.9. The van der Waals surface area contributed by atoms with Gasteiger partial charge in [-0.15, -0.1) is 0 Å². The monoisotopic (exact) mass is 468 g/mol. The van der Waals surface area contributed by atoms with Gasteiger partial charge in [0.1, 0.15) is 41.3 Å². The van der Waals surface area contributed by atoms with Gasteiger partial charge in [0.15, 0.2) is 11.6 Å². The largest absolute Gasteiger partial charge is 0.507 e. The van der Waals surface area contributed by atoms with Gasteiger partial charge in [0.05, 0.1) is 23.8 Å². The minimum Gasteiger partial charge on any atom is -0.507 e. The fraction of sp³-hybridized carbons (Fsp3) is 0.545. The molecule has 1 aliphatic heterocycles. The molecule has 11 heteroatoms. The molecule has 0 saturated carbocycles. The number of phenolic OH excluding ortho intramolecular Hbond substituents is 2. The maximum Gasteiger partial charge on any atom is 0.211 e. The first kappa shape index (κ1) is 25.2. The molecule has 11 nitrogen and oxygen atoms in total. The minimum atomic E-state index is -3.18. The van der Waals surface area contributed by atoms with Crippen molar-refractivity contribution in [2.75, 3.05) is 6.61 Å². The number of aliphatic hydroxyl groups is 6. The predicted octanol–water partition coefficient (Wildman–Crippen LogP) is -1.27. The summed E-state index contributed by atoms with van der Waals surface area (Å²) >= 11 is 0. The first-order valence-electron chi connectivity index (χ1n) is 10.3. The van der Waals surface area contributed by atoms with Crippen molar-refractivity contribution in [3.05, 3.63) is 34.9 Å². The number of Topliss-reactive ketones (excluding diaryl/α,β-unsaturated/α-hetero) is 2. The summed E-state index contributed by atoms with van der Waals surface area (Å²) in [5.74, 6) is -6.72. The van der Waals surface area contributed by atoms with Gasteiger partial charge < -0.3 is 45.6 Å². The maximum absolute atomic E-state index is 13.8. The topological polar surface area (TPSA) is 205 Å². The highest BCUT2D eigenvalue weighted by molar-refractivity contribution is 6.19. The first-order chi connectivity index (χ1) is 15.3. The Balaban J connectivity index is 2.31. The zero-order valence-corrected chi connectivity index (χ0v) is 18.0. The Morgan fingerprint density at radius 2 is 1.70 bits per heavy atom. The van der Waals surface area contributed by atoms with Gasteiger partial charge in [0.25, 0.3) is 0 Å². The Labute approximate surface area is 188 Å². The lowest BCUT2D eigenvalue weighted by atomic mass is 9.58. The van der Waals surface area contributed by atoms with Gasteiger partial charge in [0.2, 0.25) is 5.79 Å². The van der Waals surface area contributed by atoms with Crippen LogP contribution in [0.25, 0.3) is 0 Å². The third-order valence-corrected chi connectivity index (χ3v) is 6.44. The summed E-state index contributed by atoms with van der Waals surface area (Å²) in [5.41, 5.74) is -3.21. The fourth-order valence-electron chi connectivity index (χ4n) is 4.61. The second kappa shape index (κ2) is 8.76. The second-order valence-corrected chi connectivity index (χ2v) is 8.75. The van der Waals surface area contributed by atoms with Crippen LogP contribution in [-0.4, -0.2) is 95.3 Å². The Bertz CT molecular complexity index is 983. The van der Waals surface area contributed by atoms with Crippen molar-refractivity contribution >= 4 is 11.6 Å². The Morgan fingerprint density at radius 3 is 2.24 bits per heavy atom. The van der Waals surface area contributed by atoms with Gasteiger partial charge in [-0.3, -0.25) is 9.59 Å². The molecule has 1 aliphatic carbocycles. The number of aliphatic hydroxyl groups excluding tert-OH is 5. The minimum absolute atomic E-state index is 0.308. The van der Waals surface area contributed by atoms with Crippen LogP contribution in [0.5, 0.6) is 11.5 Å². The molecule has 3 rings (SSSR count). The Morgan fingerprint density at radius 1 is 1.12 bits per heavy atom. The number of aromatic hydroxyl groups is 2. The van der Waals surface area contributed by atoms with E-state index in [1.165, 1.54) is 6.08 Å². The van der Waals surface area contributed by atoms with Crippen LogP contribution in [0.15, 0.2) is 23.8 Å². The van der Waals surface area contributed by atoms with Crippen molar-refractivity contribution in [1.29, 1.82) is 0 Å². The molecule has 1 aromatic rings. The fourth-order valence-corrected chi connectivity index (χ4v) is 4.61. The normalized spacial score (nSPS) is 35.2. The lowest BCUT2D eigenvalue weighted by Crippen LogP contribution is -2.75. The lowest BCUT2D eigenvalue weighted by Gasteiger charge is -2.56. The molecule has 1 heterocycles. The van der Waals surface area contributed by atoms with Gasteiger partial charge in [0, 0.05) is 6.42 Å². The highest BCUT2D eigenvalue weighted by atomic mass is 16.7. The van der Waals surface area contributed by atoms with E-state index in [9.17, 15) is 50.4 Å². The van der Waals surface area contributed by atoms with Gasteiger partial charge in [-0.1, -0.05) is 11.6 Å². The number of ether oxygens (including phenoxy) is 1. The van der Waals surface area contributed by atoms with Crippen LogP contribution in [0, 0.1) is 5.41 Å². The molecule has 2 aliphatic rings. The van der Waals surface area contributed by atoms with Crippen LogP contribution in [0.3, 0.4) is 0 Å². The molecule has 182 valence electrons. The maximum atomic E-state index is 13.8. The van der Waals surface area contributed by atoms with Crippen molar-refractivity contribution in [2.24, 2.45) is 5.41 Å². The number of carbonyl (C=O) groups is 2. The molecular formula is C22H28O11. The summed E-state index contributed by atoms with van der Waals surface area (Å²) in [6, 6.07) is 1.93. The van der Waals surface area contributed by atoms with Gasteiger partial charge >= 0.3 is 0 Å². The molecule has 2 unspecified atom stereocenters. The zero-order chi connectivity index (χ0) is 24.9. The molecule has 0 spiro atoms. The van der Waals surface area contributed by atoms with Crippen molar-refractivity contribution in [2.45, 2.75) is 63.0 Å². The molecular weight excluding hydrogens is 440 g/mol. The third kappa shape index (κ3) is 3.66. The molecule has 1 aromatic carbocycles. The molecule has 33 heavy (non-hydrogen) atoms. The van der Waals surface area contributed by atoms with E-state index in [-0.39, 0.29) is 6.42 Å². The van der Waals surface area contributed by atoms with Crippen molar-refractivity contribution < 1.29 is 55.2 Å². The van der Waals surface area contributed by atoms with E-state index in [1.54, 1.807) is 13.8 Å². The van der Waals surface area contributed by atoms with Crippen molar-refractivity contribution in [3.8, 4) is 11.5 Å². The molecule has 1 saturated heterocycles. The molecule has 0 amide bonds. The standard InChI is InChI=1S/C22H28O11/c1-9(2)3-6-14(27)21(22(32)20(31)18(29)17(28)13(8-23)33-22)7-12(26)15-10(24)4-5-11(25)16(15)19(21)30/h3-5,13-14,17-18,20,23-25,27-29,31-32H,6-8H2,1-2H3/t13-,14-,17-,18+,20-,21?,22?/m1/s1. The number of carbonyl (C=O) groups excluding carboxylic acids is 2. The number of phenols is 2. The second-order valence-electron chi connectivity index (χ2n) is 8.75. The van der Waals surface area contributed by atoms with E-state index in [2.05, 4.69) is 0 Å². The summed E-state index contributed by atoms with van der Waals surface area (Å²) in [6.45, 7) is 2.43. The van der Waals surface area contributed by atoms with Crippen molar-refractivity contribution in [3.63, 3.8) is 0 Å². The Hall–Kier alpha value is -2.38. The van der Waals surface area contributed by atoms with Crippen LogP contribution < -0.4 is 0 Å². The van der Waals surface area contributed by atoms with E-state index < -0.39 is 88.9 Å². The van der Waals surface area contributed by atoms with E-state index in [0.717, 1.165) is 12.1 Å².